The van der Waals surface area contributed by atoms with Crippen LogP contribution in [0.2, 0.25) is 0 Å². The van der Waals surface area contributed by atoms with E-state index < -0.39 is 27.9 Å². The number of hydrogen-bond acceptors (Lipinski definition) is 7. The first-order valence-corrected chi connectivity index (χ1v) is 12.9. The number of amides is 2. The molecule has 3 rings (SSSR count). The number of carbonyl (C=O) groups is 3. The van der Waals surface area contributed by atoms with E-state index in [4.69, 9.17) is 11.1 Å². The molecule has 0 saturated carbocycles. The SMILES string of the molecule is CC(C)NC(=O)c1ccc(-c2ccccc2C(=O)Nc2ccc(C(=N)N)cc2)c(C(=O)OS(C)(=O)=O)c1. The predicted molar refractivity (Wildman–Crippen MR) is 140 cm³/mol. The quantitative estimate of drug-likeness (QED) is 0.200. The van der Waals surface area contributed by atoms with Crippen molar-refractivity contribution >= 4 is 39.4 Å². The molecule has 37 heavy (non-hydrogen) atoms. The Balaban J connectivity index is 2.06. The van der Waals surface area contributed by atoms with Gasteiger partial charge in [-0.1, -0.05) is 24.3 Å². The number of amidine groups is 1. The second-order valence-electron chi connectivity index (χ2n) is 8.45. The molecule has 2 amide bonds. The molecule has 0 aliphatic heterocycles. The third kappa shape index (κ3) is 7.01. The number of nitrogens with two attached hydrogens (primary N) is 1. The van der Waals surface area contributed by atoms with Gasteiger partial charge in [-0.15, -0.1) is 0 Å². The molecule has 0 aliphatic carbocycles. The molecule has 0 unspecified atom stereocenters. The van der Waals surface area contributed by atoms with Gasteiger partial charge in [0.05, 0.1) is 11.8 Å². The lowest BCUT2D eigenvalue weighted by molar-refractivity contribution is 0.0748. The van der Waals surface area contributed by atoms with Gasteiger partial charge >= 0.3 is 16.1 Å². The van der Waals surface area contributed by atoms with Crippen molar-refractivity contribution in [3.05, 3.63) is 89.0 Å². The van der Waals surface area contributed by atoms with E-state index in [-0.39, 0.29) is 34.1 Å². The summed E-state index contributed by atoms with van der Waals surface area (Å²) in [7, 11) is -4.15. The van der Waals surface area contributed by atoms with Gasteiger partial charge in [0.15, 0.2) is 0 Å². The average molecular weight is 523 g/mol. The van der Waals surface area contributed by atoms with Gasteiger partial charge in [-0.3, -0.25) is 15.0 Å². The maximum atomic E-state index is 13.2. The fraction of sp³-hybridized carbons (Fsp3) is 0.154. The van der Waals surface area contributed by atoms with Crippen LogP contribution in [0.15, 0.2) is 66.7 Å². The van der Waals surface area contributed by atoms with E-state index >= 15 is 0 Å². The number of anilines is 1. The largest absolute Gasteiger partial charge is 0.384 e. The number of rotatable bonds is 8. The van der Waals surface area contributed by atoms with Gasteiger partial charge in [-0.05, 0) is 67.4 Å². The van der Waals surface area contributed by atoms with E-state index in [1.54, 1.807) is 62.4 Å². The minimum absolute atomic E-state index is 0.109. The molecular formula is C26H26N4O6S. The summed E-state index contributed by atoms with van der Waals surface area (Å²) in [5, 5.41) is 12.9. The molecule has 0 radical (unpaired) electrons. The predicted octanol–water partition coefficient (Wildman–Crippen LogP) is 3.14. The fourth-order valence-corrected chi connectivity index (χ4v) is 3.83. The lowest BCUT2D eigenvalue weighted by Crippen LogP contribution is -2.30. The third-order valence-electron chi connectivity index (χ3n) is 5.06. The van der Waals surface area contributed by atoms with Crippen molar-refractivity contribution in [3.8, 4) is 11.1 Å². The Labute approximate surface area is 214 Å². The van der Waals surface area contributed by atoms with Crippen molar-refractivity contribution in [1.82, 2.24) is 5.32 Å². The van der Waals surface area contributed by atoms with Crippen LogP contribution in [0.4, 0.5) is 5.69 Å². The minimum atomic E-state index is -4.15. The van der Waals surface area contributed by atoms with Crippen molar-refractivity contribution in [2.24, 2.45) is 5.73 Å². The van der Waals surface area contributed by atoms with Gasteiger partial charge in [-0.2, -0.15) is 8.42 Å². The summed E-state index contributed by atoms with van der Waals surface area (Å²) in [6.45, 7) is 3.54. The van der Waals surface area contributed by atoms with E-state index in [9.17, 15) is 22.8 Å². The maximum absolute atomic E-state index is 13.2. The van der Waals surface area contributed by atoms with Crippen molar-refractivity contribution in [3.63, 3.8) is 0 Å². The smallest absolute Gasteiger partial charge is 0.354 e. The average Bonchev–Trinajstić information content (AvgIpc) is 2.82. The zero-order chi connectivity index (χ0) is 27.3. The summed E-state index contributed by atoms with van der Waals surface area (Å²) in [5.74, 6) is -2.26. The number of nitrogens with one attached hydrogen (secondary N) is 3. The summed E-state index contributed by atoms with van der Waals surface area (Å²) < 4.78 is 27.9. The highest BCUT2D eigenvalue weighted by molar-refractivity contribution is 7.86. The van der Waals surface area contributed by atoms with Crippen LogP contribution in [0.5, 0.6) is 0 Å². The van der Waals surface area contributed by atoms with Crippen molar-refractivity contribution in [1.29, 1.82) is 5.41 Å². The molecular weight excluding hydrogens is 496 g/mol. The van der Waals surface area contributed by atoms with Crippen LogP contribution in [-0.2, 0) is 14.3 Å². The highest BCUT2D eigenvalue weighted by Gasteiger charge is 2.23. The molecule has 0 fully saturated rings. The summed E-state index contributed by atoms with van der Waals surface area (Å²) >= 11 is 0. The Hall–Kier alpha value is -4.51. The first kappa shape index (κ1) is 27.1. The first-order valence-electron chi connectivity index (χ1n) is 11.1. The van der Waals surface area contributed by atoms with E-state index in [0.717, 1.165) is 6.26 Å². The molecule has 0 saturated heterocycles. The summed E-state index contributed by atoms with van der Waals surface area (Å²) in [5.41, 5.74) is 7.03. The molecule has 0 aliphatic rings. The summed E-state index contributed by atoms with van der Waals surface area (Å²) in [4.78, 5) is 38.6. The van der Waals surface area contributed by atoms with Gasteiger partial charge in [-0.25, -0.2) is 4.79 Å². The molecule has 0 spiro atoms. The second-order valence-corrected chi connectivity index (χ2v) is 10.0. The maximum Gasteiger partial charge on any atom is 0.354 e. The standard InChI is InChI=1S/C26H26N4O6S/c1-15(2)29-24(31)17-10-13-20(22(14-17)26(33)36-37(3,34)35)19-6-4-5-7-21(19)25(32)30-18-11-8-16(9-12-18)23(27)28/h4-15H,1-3H3,(H3,27,28)(H,29,31)(H,30,32). The van der Waals surface area contributed by atoms with Crippen molar-refractivity contribution < 1.29 is 27.0 Å². The molecule has 3 aromatic carbocycles. The molecule has 10 nitrogen and oxygen atoms in total. The Kier molecular flexibility index (Phi) is 8.08. The van der Waals surface area contributed by atoms with Crippen LogP contribution in [0, 0.1) is 5.41 Å². The number of carbonyl (C=O) groups excluding carboxylic acids is 3. The zero-order valence-electron chi connectivity index (χ0n) is 20.4. The number of benzene rings is 3. The molecule has 11 heteroatoms. The summed E-state index contributed by atoms with van der Waals surface area (Å²) in [6, 6.07) is 16.8. The zero-order valence-corrected chi connectivity index (χ0v) is 21.2. The molecule has 3 aromatic rings. The highest BCUT2D eigenvalue weighted by Crippen LogP contribution is 2.30. The van der Waals surface area contributed by atoms with E-state index in [1.165, 1.54) is 18.2 Å². The van der Waals surface area contributed by atoms with Crippen LogP contribution < -0.4 is 16.4 Å². The van der Waals surface area contributed by atoms with Gasteiger partial charge in [0.1, 0.15) is 5.84 Å². The van der Waals surface area contributed by atoms with Crippen molar-refractivity contribution in [2.75, 3.05) is 11.6 Å². The first-order chi connectivity index (χ1) is 17.4. The van der Waals surface area contributed by atoms with E-state index in [0.29, 0.717) is 16.8 Å². The van der Waals surface area contributed by atoms with Crippen molar-refractivity contribution in [2.45, 2.75) is 19.9 Å². The molecule has 192 valence electrons. The van der Waals surface area contributed by atoms with Gasteiger partial charge in [0.25, 0.3) is 11.8 Å². The van der Waals surface area contributed by atoms with Crippen LogP contribution in [0.3, 0.4) is 0 Å². The summed E-state index contributed by atoms with van der Waals surface area (Å²) in [6.07, 6.45) is 0.735. The molecule has 0 bridgehead atoms. The van der Waals surface area contributed by atoms with Gasteiger partial charge in [0, 0.05) is 28.4 Å². The Morgan fingerprint density at radius 3 is 2.05 bits per heavy atom. The van der Waals surface area contributed by atoms with Crippen LogP contribution in [0.25, 0.3) is 11.1 Å². The Morgan fingerprint density at radius 1 is 0.865 bits per heavy atom. The lowest BCUT2D eigenvalue weighted by atomic mass is 9.93. The molecule has 0 heterocycles. The molecule has 0 atom stereocenters. The topological polar surface area (TPSA) is 169 Å². The van der Waals surface area contributed by atoms with E-state index in [2.05, 4.69) is 14.8 Å². The molecule has 0 aromatic heterocycles. The van der Waals surface area contributed by atoms with Crippen LogP contribution >= 0.6 is 0 Å². The van der Waals surface area contributed by atoms with Gasteiger partial charge < -0.3 is 20.6 Å². The third-order valence-corrected chi connectivity index (χ3v) is 5.52. The molecule has 5 N–H and O–H groups in total. The highest BCUT2D eigenvalue weighted by atomic mass is 32.2. The fourth-order valence-electron chi connectivity index (χ4n) is 3.46. The van der Waals surface area contributed by atoms with E-state index in [1.807, 2.05) is 0 Å². The van der Waals surface area contributed by atoms with Gasteiger partial charge in [0.2, 0.25) is 0 Å². The number of nitrogen functional groups attached to an aromatic ring is 1. The normalized spacial score (nSPS) is 11.0. The lowest BCUT2D eigenvalue weighted by Gasteiger charge is -2.15. The Bertz CT molecular complexity index is 1480. The Morgan fingerprint density at radius 2 is 1.46 bits per heavy atom. The monoisotopic (exact) mass is 522 g/mol. The van der Waals surface area contributed by atoms with Crippen LogP contribution in [0.1, 0.15) is 50.5 Å². The number of hydrogen-bond donors (Lipinski definition) is 4. The van der Waals surface area contributed by atoms with Crippen LogP contribution in [-0.4, -0.2) is 44.3 Å². The second kappa shape index (κ2) is 11.0. The minimum Gasteiger partial charge on any atom is -0.384 e.